The lowest BCUT2D eigenvalue weighted by molar-refractivity contribution is -0.150. The number of hydrogen-bond donors (Lipinski definition) is 6. The second-order valence-electron chi connectivity index (χ2n) is 10.8. The molecule has 4 atom stereocenters. The van der Waals surface area contributed by atoms with Crippen molar-refractivity contribution in [1.29, 1.82) is 0 Å². The topological polar surface area (TPSA) is 297 Å². The number of nitrogens with two attached hydrogens (primary N) is 2. The van der Waals surface area contributed by atoms with Crippen molar-refractivity contribution >= 4 is 70.4 Å². The third-order valence-electron chi connectivity index (χ3n) is 7.86. The molecule has 3 fully saturated rings. The Bertz CT molecular complexity index is 1780. The van der Waals surface area contributed by atoms with Gasteiger partial charge in [-0.05, 0) is 37.2 Å². The fraction of sp³-hybridized carbons (Fsp3) is 0.423. The summed E-state index contributed by atoms with van der Waals surface area (Å²) < 4.78 is 14.7. The average Bonchev–Trinajstić information content (AvgIpc) is 3.68. The minimum atomic E-state index is -1.44. The van der Waals surface area contributed by atoms with Crippen molar-refractivity contribution < 1.29 is 53.0 Å². The maximum absolute atomic E-state index is 13.4. The Morgan fingerprint density at radius 3 is 2.56 bits per heavy atom. The van der Waals surface area contributed by atoms with Gasteiger partial charge in [0.1, 0.15) is 17.1 Å². The normalized spacial score (nSPS) is 25.4. The number of nitrogens with zero attached hydrogens (tertiary/aromatic N) is 5. The molecule has 0 bridgehead atoms. The second kappa shape index (κ2) is 13.5. The monoisotopic (exact) mass is 708 g/mol. The number of oxime groups is 1. The third kappa shape index (κ3) is 6.48. The van der Waals surface area contributed by atoms with Gasteiger partial charge in [0, 0.05) is 24.4 Å². The number of fused-ring (bicyclic) bond motifs is 1. The maximum atomic E-state index is 13.4. The average molecular weight is 709 g/mol. The molecule has 5 rings (SSSR count). The Hall–Kier alpha value is -5.22. The number of aliphatic hydroxyl groups is 1. The molecule has 3 saturated heterocycles. The SMILES string of the molecule is Cc1oc(=O)oc1COC(=O)N1CC(O)C(N2CC/C(=C\C3=C(C(=O)O)N4C(=O)[C@@H](NC(=O)C(=N\O)/C(N)=N/C(N)=S)[C@H]4SC3)C2=O)C1. The first-order chi connectivity index (χ1) is 22.7. The van der Waals surface area contributed by atoms with Gasteiger partial charge in [-0.15, -0.1) is 11.8 Å². The molecule has 0 aliphatic carbocycles. The summed E-state index contributed by atoms with van der Waals surface area (Å²) in [4.78, 5) is 82.3. The number of amides is 4. The fourth-order valence-corrected chi connectivity index (χ4v) is 7.00. The molecule has 20 nitrogen and oxygen atoms in total. The van der Waals surface area contributed by atoms with E-state index < -0.39 is 75.8 Å². The number of allylic oxidation sites excluding steroid dienone is 1. The quantitative estimate of drug-likeness (QED) is 0.0311. The first kappa shape index (κ1) is 34.1. The van der Waals surface area contributed by atoms with Crippen molar-refractivity contribution in [3.8, 4) is 0 Å². The number of aliphatic carboxylic acids is 1. The van der Waals surface area contributed by atoms with Crippen LogP contribution >= 0.6 is 24.0 Å². The summed E-state index contributed by atoms with van der Waals surface area (Å²) >= 11 is 5.70. The van der Waals surface area contributed by atoms with Crippen LogP contribution in [0.1, 0.15) is 17.9 Å². The van der Waals surface area contributed by atoms with E-state index >= 15 is 0 Å². The lowest BCUT2D eigenvalue weighted by Crippen LogP contribution is -2.71. The molecule has 256 valence electrons. The van der Waals surface area contributed by atoms with Crippen LogP contribution in [0.25, 0.3) is 0 Å². The van der Waals surface area contributed by atoms with E-state index in [0.717, 1.165) is 16.7 Å². The van der Waals surface area contributed by atoms with Crippen LogP contribution < -0.4 is 22.6 Å². The molecule has 2 unspecified atom stereocenters. The predicted octanol–water partition coefficient (Wildman–Crippen LogP) is -2.45. The minimum absolute atomic E-state index is 0.0332. The standard InChI is InChI=1S/C26H28N8O12S2/c1-9-14(46-26(42)45-9)7-44-25(41)32-5-12(13(35)6-32)33-3-2-10(20(33)37)4-11-8-48-22-16(21(38)34(22)17(11)23(39)40)29-19(36)15(31-43)18(27)30-24(28)47/h4,12-13,16,22,35,43H,2-3,5-8H2,1H3,(H,29,36)(H,39,40)(H4,27,28,30,47)/b10-4+,31-15-/t12?,13?,16-,22-/m1/s1. The number of thiocarbonyl (C=S) groups is 1. The van der Waals surface area contributed by atoms with Gasteiger partial charge in [0.05, 0.1) is 18.7 Å². The van der Waals surface area contributed by atoms with Crippen LogP contribution in [-0.2, 0) is 30.5 Å². The highest BCUT2D eigenvalue weighted by molar-refractivity contribution is 8.00. The van der Waals surface area contributed by atoms with Crippen LogP contribution in [-0.4, -0.2) is 126 Å². The van der Waals surface area contributed by atoms with Crippen molar-refractivity contribution in [3.63, 3.8) is 0 Å². The highest BCUT2D eigenvalue weighted by Crippen LogP contribution is 2.41. The highest BCUT2D eigenvalue weighted by atomic mass is 32.2. The molecule has 1 aromatic heterocycles. The highest BCUT2D eigenvalue weighted by Gasteiger charge is 2.54. The van der Waals surface area contributed by atoms with Gasteiger partial charge in [0.25, 0.3) is 11.8 Å². The lowest BCUT2D eigenvalue weighted by Gasteiger charge is -2.49. The van der Waals surface area contributed by atoms with Crippen molar-refractivity contribution in [1.82, 2.24) is 20.0 Å². The van der Waals surface area contributed by atoms with E-state index in [1.807, 2.05) is 0 Å². The first-order valence-electron chi connectivity index (χ1n) is 14.0. The van der Waals surface area contributed by atoms with E-state index in [4.69, 9.17) is 25.0 Å². The first-order valence-corrected chi connectivity index (χ1v) is 15.5. The van der Waals surface area contributed by atoms with Gasteiger partial charge < -0.3 is 55.6 Å². The molecule has 1 aromatic rings. The smallest absolute Gasteiger partial charge is 0.477 e. The number of thioether (sulfide) groups is 1. The van der Waals surface area contributed by atoms with Gasteiger partial charge in [-0.3, -0.25) is 19.3 Å². The number of carboxylic acids is 1. The number of aryl methyl sites for hydroxylation is 1. The van der Waals surface area contributed by atoms with Gasteiger partial charge in [-0.2, -0.15) is 0 Å². The number of amidine groups is 1. The van der Waals surface area contributed by atoms with E-state index in [1.54, 1.807) is 0 Å². The number of β-lactam (4-membered cyclic amide) rings is 1. The number of rotatable bonds is 8. The summed E-state index contributed by atoms with van der Waals surface area (Å²) in [7, 11) is 0. The zero-order chi connectivity index (χ0) is 35.0. The number of carbonyl (C=O) groups excluding carboxylic acids is 4. The number of carboxylic acid groups (broad SMARTS) is 1. The summed E-state index contributed by atoms with van der Waals surface area (Å²) in [5, 5.41) is 33.8. The van der Waals surface area contributed by atoms with E-state index in [-0.39, 0.29) is 66.8 Å². The molecule has 0 spiro atoms. The van der Waals surface area contributed by atoms with E-state index in [2.05, 4.69) is 27.7 Å². The summed E-state index contributed by atoms with van der Waals surface area (Å²) in [6.45, 7) is 1.08. The number of carbonyl (C=O) groups is 5. The molecule has 0 aromatic carbocycles. The minimum Gasteiger partial charge on any atom is -0.477 e. The summed E-state index contributed by atoms with van der Waals surface area (Å²) in [5.74, 6) is -5.10. The summed E-state index contributed by atoms with van der Waals surface area (Å²) in [6.07, 6.45) is -0.325. The Balaban J connectivity index is 1.25. The van der Waals surface area contributed by atoms with Gasteiger partial charge in [-0.1, -0.05) is 5.16 Å². The summed E-state index contributed by atoms with van der Waals surface area (Å²) in [5.41, 5.74) is 10.1. The molecule has 22 heteroatoms. The number of aliphatic hydroxyl groups excluding tert-OH is 1. The number of β-amino-alcohol motifs (C(OH)–C–C–N with tert-alkyl or cyclic N) is 1. The largest absolute Gasteiger partial charge is 0.519 e. The number of likely N-dealkylation sites (tertiary alicyclic amines) is 2. The maximum Gasteiger partial charge on any atom is 0.519 e. The van der Waals surface area contributed by atoms with Gasteiger partial charge in [0.15, 0.2) is 29.1 Å². The summed E-state index contributed by atoms with van der Waals surface area (Å²) in [6, 6.07) is -1.99. The van der Waals surface area contributed by atoms with E-state index in [0.29, 0.717) is 0 Å². The Morgan fingerprint density at radius 1 is 1.21 bits per heavy atom. The van der Waals surface area contributed by atoms with Gasteiger partial charge in [0.2, 0.25) is 11.6 Å². The molecular weight excluding hydrogens is 680 g/mol. The Kier molecular flexibility index (Phi) is 9.59. The van der Waals surface area contributed by atoms with Gasteiger partial charge in [-0.25, -0.2) is 19.4 Å². The van der Waals surface area contributed by atoms with Crippen LogP contribution in [0.5, 0.6) is 0 Å². The van der Waals surface area contributed by atoms with Crippen LogP contribution in [0.15, 0.2) is 46.7 Å². The number of aliphatic imine (C=N–C) groups is 1. The lowest BCUT2D eigenvalue weighted by atomic mass is 10.0. The predicted molar refractivity (Wildman–Crippen MR) is 165 cm³/mol. The van der Waals surface area contributed by atoms with Crippen LogP contribution in [0.4, 0.5) is 4.79 Å². The van der Waals surface area contributed by atoms with Crippen molar-refractivity contribution in [2.45, 2.75) is 43.5 Å². The molecule has 48 heavy (non-hydrogen) atoms. The second-order valence-corrected chi connectivity index (χ2v) is 12.3. The van der Waals surface area contributed by atoms with E-state index in [9.17, 15) is 44.2 Å². The molecule has 0 radical (unpaired) electrons. The fourth-order valence-electron chi connectivity index (χ4n) is 5.59. The molecular formula is C26H28N8O12S2. The Labute approximate surface area is 278 Å². The van der Waals surface area contributed by atoms with Crippen molar-refractivity contribution in [3.05, 3.63) is 45.1 Å². The molecule has 5 heterocycles. The molecule has 8 N–H and O–H groups in total. The zero-order valence-electron chi connectivity index (χ0n) is 24.9. The number of hydrogen-bond acceptors (Lipinski definition) is 14. The molecule has 4 aliphatic heterocycles. The molecule has 4 aliphatic rings. The van der Waals surface area contributed by atoms with Crippen molar-refractivity contribution in [2.24, 2.45) is 21.6 Å². The Morgan fingerprint density at radius 2 is 1.94 bits per heavy atom. The van der Waals surface area contributed by atoms with Crippen LogP contribution in [0.2, 0.25) is 0 Å². The van der Waals surface area contributed by atoms with Crippen LogP contribution in [0, 0.1) is 6.92 Å². The zero-order valence-corrected chi connectivity index (χ0v) is 26.5. The van der Waals surface area contributed by atoms with Gasteiger partial charge >= 0.3 is 17.9 Å². The number of nitrogens with one attached hydrogen (secondary N) is 1. The number of ether oxygens (including phenoxy) is 1. The van der Waals surface area contributed by atoms with E-state index in [1.165, 1.54) is 22.8 Å². The molecule has 4 amide bonds. The third-order valence-corrected chi connectivity index (χ3v) is 9.25. The van der Waals surface area contributed by atoms with Crippen LogP contribution in [0.3, 0.4) is 0 Å². The van der Waals surface area contributed by atoms with Crippen molar-refractivity contribution in [2.75, 3.05) is 25.4 Å². The molecule has 0 saturated carbocycles.